The molecule has 0 bridgehead atoms. The van der Waals surface area contributed by atoms with Crippen molar-refractivity contribution in [3.8, 4) is 17.0 Å². The lowest BCUT2D eigenvalue weighted by Gasteiger charge is -2.45. The van der Waals surface area contributed by atoms with Gasteiger partial charge in [-0.3, -0.25) is 4.79 Å². The number of nitrogens with two attached hydrogens (primary N) is 2. The van der Waals surface area contributed by atoms with Crippen LogP contribution in [0.2, 0.25) is 5.02 Å². The summed E-state index contributed by atoms with van der Waals surface area (Å²) >= 11 is 6.46. The van der Waals surface area contributed by atoms with E-state index < -0.39 is 0 Å². The Labute approximate surface area is 175 Å². The fourth-order valence-corrected chi connectivity index (χ4v) is 4.95. The van der Waals surface area contributed by atoms with E-state index in [1.54, 1.807) is 13.2 Å². The third-order valence-corrected chi connectivity index (χ3v) is 6.61. The Morgan fingerprint density at radius 1 is 1.48 bits per heavy atom. The summed E-state index contributed by atoms with van der Waals surface area (Å²) in [6.07, 6.45) is 4.28. The molecular formula is C21H26ClN5O2. The van der Waals surface area contributed by atoms with Crippen LogP contribution in [0.3, 0.4) is 0 Å². The molecule has 1 aromatic heterocycles. The van der Waals surface area contributed by atoms with E-state index in [4.69, 9.17) is 32.9 Å². The first-order valence-electron chi connectivity index (χ1n) is 9.73. The van der Waals surface area contributed by atoms with Crippen molar-refractivity contribution in [3.05, 3.63) is 41.4 Å². The number of amides is 1. The normalized spacial score (nSPS) is 23.3. The lowest BCUT2D eigenvalue weighted by atomic mass is 9.65. The highest BCUT2D eigenvalue weighted by Gasteiger charge is 2.50. The van der Waals surface area contributed by atoms with Gasteiger partial charge in [0.2, 0.25) is 5.91 Å². The second kappa shape index (κ2) is 7.39. The molecule has 2 aliphatic rings. The third kappa shape index (κ3) is 3.28. The molecule has 4 rings (SSSR count). The van der Waals surface area contributed by atoms with Crippen molar-refractivity contribution in [2.45, 2.75) is 31.8 Å². The highest BCUT2D eigenvalue weighted by atomic mass is 35.5. The molecule has 154 valence electrons. The molecule has 0 unspecified atom stereocenters. The Bertz CT molecular complexity index is 964. The zero-order valence-electron chi connectivity index (χ0n) is 16.5. The van der Waals surface area contributed by atoms with Crippen LogP contribution in [0.25, 0.3) is 11.3 Å². The topological polar surface area (TPSA) is 99.4 Å². The van der Waals surface area contributed by atoms with Crippen molar-refractivity contribution in [2.24, 2.45) is 11.1 Å². The maximum Gasteiger partial charge on any atom is 0.245 e. The molecule has 2 aromatic rings. The molecule has 1 amide bonds. The van der Waals surface area contributed by atoms with Crippen LogP contribution in [0.5, 0.6) is 5.75 Å². The SMILES string of the molecule is C=CC(=O)N1CC[C@]2(C1)C[C@H](n1nc(-c3ccc(OC)cc3Cl)c(CN)c1N)C2. The number of carbonyl (C=O) groups excluding carboxylic acids is 1. The molecule has 7 nitrogen and oxygen atoms in total. The number of methoxy groups -OCH3 is 1. The van der Waals surface area contributed by atoms with Gasteiger partial charge in [-0.05, 0) is 49.0 Å². The van der Waals surface area contributed by atoms with Gasteiger partial charge >= 0.3 is 0 Å². The summed E-state index contributed by atoms with van der Waals surface area (Å²) in [6, 6.07) is 5.68. The molecule has 8 heteroatoms. The molecule has 2 heterocycles. The summed E-state index contributed by atoms with van der Waals surface area (Å²) in [4.78, 5) is 13.8. The highest BCUT2D eigenvalue weighted by Crippen LogP contribution is 2.54. The van der Waals surface area contributed by atoms with Crippen LogP contribution in [-0.2, 0) is 11.3 Å². The Morgan fingerprint density at radius 2 is 2.24 bits per heavy atom. The fraction of sp³-hybridized carbons (Fsp3) is 0.429. The van der Waals surface area contributed by atoms with Crippen molar-refractivity contribution >= 4 is 23.3 Å². The van der Waals surface area contributed by atoms with E-state index >= 15 is 0 Å². The molecule has 0 atom stereocenters. The van der Waals surface area contributed by atoms with E-state index in [2.05, 4.69) is 6.58 Å². The number of hydrogen-bond acceptors (Lipinski definition) is 5. The lowest BCUT2D eigenvalue weighted by Crippen LogP contribution is -2.42. The molecular weight excluding hydrogens is 390 g/mol. The van der Waals surface area contributed by atoms with Crippen molar-refractivity contribution in [3.63, 3.8) is 0 Å². The molecule has 4 N–H and O–H groups in total. The second-order valence-corrected chi connectivity index (χ2v) is 8.39. The first kappa shape index (κ1) is 19.8. The molecule has 29 heavy (non-hydrogen) atoms. The number of anilines is 1. The maximum atomic E-state index is 11.9. The van der Waals surface area contributed by atoms with Crippen LogP contribution < -0.4 is 16.2 Å². The molecule has 0 radical (unpaired) electrons. The number of ether oxygens (including phenoxy) is 1. The number of carbonyl (C=O) groups is 1. The zero-order valence-corrected chi connectivity index (χ0v) is 17.3. The van der Waals surface area contributed by atoms with Gasteiger partial charge in [-0.1, -0.05) is 18.2 Å². The lowest BCUT2D eigenvalue weighted by molar-refractivity contribution is -0.125. The number of aromatic nitrogens is 2. The van der Waals surface area contributed by atoms with Gasteiger partial charge in [-0.15, -0.1) is 0 Å². The summed E-state index contributed by atoms with van der Waals surface area (Å²) in [5.74, 6) is 1.28. The fourth-order valence-electron chi connectivity index (χ4n) is 4.69. The number of nitrogen functional groups attached to an aromatic ring is 1. The number of likely N-dealkylation sites (tertiary alicyclic amines) is 1. The molecule has 1 aliphatic heterocycles. The molecule has 2 fully saturated rings. The van der Waals surface area contributed by atoms with Gasteiger partial charge in [-0.25, -0.2) is 4.68 Å². The summed E-state index contributed by atoms with van der Waals surface area (Å²) < 4.78 is 7.12. The summed E-state index contributed by atoms with van der Waals surface area (Å²) in [5, 5.41) is 5.35. The molecule has 1 aromatic carbocycles. The third-order valence-electron chi connectivity index (χ3n) is 6.29. The predicted molar refractivity (Wildman–Crippen MR) is 114 cm³/mol. The Balaban J connectivity index is 1.58. The van der Waals surface area contributed by atoms with Gasteiger partial charge in [-0.2, -0.15) is 5.10 Å². The van der Waals surface area contributed by atoms with Crippen molar-refractivity contribution in [1.29, 1.82) is 0 Å². The Hall–Kier alpha value is -2.51. The highest BCUT2D eigenvalue weighted by molar-refractivity contribution is 6.33. The van der Waals surface area contributed by atoms with Crippen LogP contribution in [0, 0.1) is 5.41 Å². The average Bonchev–Trinajstić information content (AvgIpc) is 3.28. The van der Waals surface area contributed by atoms with E-state index in [9.17, 15) is 4.79 Å². The van der Waals surface area contributed by atoms with Crippen molar-refractivity contribution < 1.29 is 9.53 Å². The second-order valence-electron chi connectivity index (χ2n) is 7.98. The number of halogens is 1. The minimum atomic E-state index is 0.00535. The summed E-state index contributed by atoms with van der Waals surface area (Å²) in [6.45, 7) is 5.43. The summed E-state index contributed by atoms with van der Waals surface area (Å²) in [7, 11) is 1.60. The van der Waals surface area contributed by atoms with E-state index in [0.29, 0.717) is 22.3 Å². The average molecular weight is 416 g/mol. The maximum absolute atomic E-state index is 11.9. The van der Waals surface area contributed by atoms with E-state index in [1.807, 2.05) is 21.7 Å². The largest absolute Gasteiger partial charge is 0.497 e. The minimum Gasteiger partial charge on any atom is -0.497 e. The van der Waals surface area contributed by atoms with Gasteiger partial charge in [0.1, 0.15) is 17.3 Å². The van der Waals surface area contributed by atoms with Gasteiger partial charge in [0.05, 0.1) is 18.2 Å². The monoisotopic (exact) mass is 415 g/mol. The molecule has 1 saturated carbocycles. The first-order valence-corrected chi connectivity index (χ1v) is 10.1. The van der Waals surface area contributed by atoms with Gasteiger partial charge in [0, 0.05) is 30.8 Å². The van der Waals surface area contributed by atoms with E-state index in [0.717, 1.165) is 43.5 Å². The minimum absolute atomic E-state index is 0.00535. The van der Waals surface area contributed by atoms with Gasteiger partial charge < -0.3 is 21.1 Å². The Morgan fingerprint density at radius 3 is 2.86 bits per heavy atom. The number of rotatable bonds is 5. The zero-order chi connectivity index (χ0) is 20.8. The van der Waals surface area contributed by atoms with Crippen LogP contribution in [0.15, 0.2) is 30.9 Å². The number of benzene rings is 1. The molecule has 1 saturated heterocycles. The van der Waals surface area contributed by atoms with Crippen LogP contribution in [0.1, 0.15) is 30.9 Å². The van der Waals surface area contributed by atoms with Crippen LogP contribution >= 0.6 is 11.6 Å². The van der Waals surface area contributed by atoms with Gasteiger partial charge in [0.25, 0.3) is 0 Å². The molecule has 1 spiro atoms. The van der Waals surface area contributed by atoms with Gasteiger partial charge in [0.15, 0.2) is 0 Å². The molecule has 1 aliphatic carbocycles. The predicted octanol–water partition coefficient (Wildman–Crippen LogP) is 2.99. The number of hydrogen-bond donors (Lipinski definition) is 2. The van der Waals surface area contributed by atoms with Crippen molar-refractivity contribution in [2.75, 3.05) is 25.9 Å². The smallest absolute Gasteiger partial charge is 0.245 e. The van der Waals surface area contributed by atoms with Crippen molar-refractivity contribution in [1.82, 2.24) is 14.7 Å². The van der Waals surface area contributed by atoms with E-state index in [1.165, 1.54) is 6.08 Å². The van der Waals surface area contributed by atoms with Crippen LogP contribution in [0.4, 0.5) is 5.82 Å². The standard InChI is InChI=1S/C21H26ClN5O2/c1-3-18(28)26-7-6-21(12-26)9-13(10-21)27-20(24)16(11-23)19(25-27)15-5-4-14(29-2)8-17(15)22/h3-5,8,13H,1,6-7,9-12,23-24H2,2H3/t13-,21-. The van der Waals surface area contributed by atoms with E-state index in [-0.39, 0.29) is 23.9 Å². The summed E-state index contributed by atoms with van der Waals surface area (Å²) in [5.41, 5.74) is 14.9. The Kier molecular flexibility index (Phi) is 5.04. The quantitative estimate of drug-likeness (QED) is 0.731. The van der Waals surface area contributed by atoms with Crippen LogP contribution in [-0.4, -0.2) is 40.8 Å². The first-order chi connectivity index (χ1) is 13.9. The number of nitrogens with zero attached hydrogens (tertiary/aromatic N) is 3.